The topological polar surface area (TPSA) is 95.9 Å². The molecule has 0 saturated heterocycles. The Morgan fingerprint density at radius 3 is 2.55 bits per heavy atom. The largest absolute Gasteiger partial charge is 0.480 e. The minimum Gasteiger partial charge on any atom is -0.480 e. The highest BCUT2D eigenvalue weighted by Gasteiger charge is 2.31. The maximum absolute atomic E-state index is 11.7. The highest BCUT2D eigenvalue weighted by molar-refractivity contribution is 5.79. The minimum atomic E-state index is -0.924. The Labute approximate surface area is 118 Å². The van der Waals surface area contributed by atoms with Crippen LogP contribution in [0.15, 0.2) is 0 Å². The summed E-state index contributed by atoms with van der Waals surface area (Å²) in [4.78, 5) is 35.1. The molecule has 1 aliphatic carbocycles. The number of aliphatic carboxylic acids is 1. The van der Waals surface area contributed by atoms with Crippen LogP contribution in [0.3, 0.4) is 0 Å². The number of rotatable bonds is 10. The molecule has 20 heavy (non-hydrogen) atoms. The van der Waals surface area contributed by atoms with Gasteiger partial charge in [0.2, 0.25) is 5.91 Å². The zero-order valence-corrected chi connectivity index (χ0v) is 11.8. The fourth-order valence-corrected chi connectivity index (χ4v) is 1.86. The molecule has 0 heterocycles. The molecule has 0 unspecified atom stereocenters. The monoisotopic (exact) mass is 286 g/mol. The molecule has 1 amide bonds. The third-order valence-corrected chi connectivity index (χ3v) is 2.93. The van der Waals surface area contributed by atoms with E-state index in [4.69, 9.17) is 9.84 Å². The fourth-order valence-electron chi connectivity index (χ4n) is 1.86. The zero-order chi connectivity index (χ0) is 15.0. The molecule has 0 aromatic rings. The van der Waals surface area contributed by atoms with Crippen LogP contribution < -0.4 is 5.32 Å². The van der Waals surface area contributed by atoms with E-state index >= 15 is 0 Å². The van der Waals surface area contributed by atoms with Crippen molar-refractivity contribution in [3.05, 3.63) is 0 Å². The normalized spacial score (nSPS) is 14.1. The highest BCUT2D eigenvalue weighted by Crippen LogP contribution is 2.26. The fraction of sp³-hybridized carbons (Fsp3) is 0.769. The van der Waals surface area contributed by atoms with Crippen LogP contribution in [0.1, 0.15) is 32.6 Å². The van der Waals surface area contributed by atoms with Crippen molar-refractivity contribution < 1.29 is 24.2 Å². The lowest BCUT2D eigenvalue weighted by Gasteiger charge is -2.18. The number of carbonyl (C=O) groups excluding carboxylic acids is 2. The zero-order valence-electron chi connectivity index (χ0n) is 11.8. The van der Waals surface area contributed by atoms with Crippen molar-refractivity contribution in [1.29, 1.82) is 0 Å². The molecular formula is C13H22N2O5. The van der Waals surface area contributed by atoms with Gasteiger partial charge in [-0.2, -0.15) is 0 Å². The molecular weight excluding hydrogens is 264 g/mol. The van der Waals surface area contributed by atoms with Crippen LogP contribution in [0.4, 0.5) is 0 Å². The lowest BCUT2D eigenvalue weighted by atomic mass is 10.3. The molecule has 114 valence electrons. The Balaban J connectivity index is 2.15. The first-order valence-corrected chi connectivity index (χ1v) is 6.91. The van der Waals surface area contributed by atoms with Crippen molar-refractivity contribution >= 4 is 17.8 Å². The van der Waals surface area contributed by atoms with Gasteiger partial charge in [-0.25, -0.2) is 0 Å². The quantitative estimate of drug-likeness (QED) is 0.433. The summed E-state index contributed by atoms with van der Waals surface area (Å²) in [5, 5.41) is 11.5. The summed E-state index contributed by atoms with van der Waals surface area (Å²) in [5.41, 5.74) is 0. The third kappa shape index (κ3) is 7.08. The van der Waals surface area contributed by atoms with E-state index in [1.807, 2.05) is 0 Å². The van der Waals surface area contributed by atoms with Crippen LogP contribution >= 0.6 is 0 Å². The minimum absolute atomic E-state index is 0.0936. The van der Waals surface area contributed by atoms with Gasteiger partial charge in [0.05, 0.1) is 19.7 Å². The number of nitrogens with zero attached hydrogens (tertiary/aromatic N) is 1. The van der Waals surface area contributed by atoms with Crippen LogP contribution in [-0.2, 0) is 19.1 Å². The van der Waals surface area contributed by atoms with Gasteiger partial charge in [0.15, 0.2) is 0 Å². The SMILES string of the molecule is CCOC(=O)CCCNC(=O)CN(CC(=O)O)C1CC1. The molecule has 0 aromatic heterocycles. The Kier molecular flexibility index (Phi) is 7.00. The van der Waals surface area contributed by atoms with Gasteiger partial charge in [-0.3, -0.25) is 19.3 Å². The first kappa shape index (κ1) is 16.4. The van der Waals surface area contributed by atoms with Gasteiger partial charge in [-0.15, -0.1) is 0 Å². The van der Waals surface area contributed by atoms with E-state index in [0.29, 0.717) is 19.6 Å². The van der Waals surface area contributed by atoms with Crippen molar-refractivity contribution in [2.75, 3.05) is 26.2 Å². The number of carbonyl (C=O) groups is 3. The maximum atomic E-state index is 11.7. The Morgan fingerprint density at radius 2 is 2.00 bits per heavy atom. The van der Waals surface area contributed by atoms with Crippen LogP contribution in [-0.4, -0.2) is 60.1 Å². The molecule has 0 aromatic carbocycles. The molecule has 2 N–H and O–H groups in total. The summed E-state index contributed by atoms with van der Waals surface area (Å²) >= 11 is 0. The van der Waals surface area contributed by atoms with Gasteiger partial charge >= 0.3 is 11.9 Å². The van der Waals surface area contributed by atoms with Crippen LogP contribution in [0.25, 0.3) is 0 Å². The standard InChI is InChI=1S/C13H22N2O5/c1-2-20-13(19)4-3-7-14-11(16)8-15(9-12(17)18)10-5-6-10/h10H,2-9H2,1H3,(H,14,16)(H,17,18). The molecule has 7 nitrogen and oxygen atoms in total. The summed E-state index contributed by atoms with van der Waals surface area (Å²) in [7, 11) is 0. The average molecular weight is 286 g/mol. The summed E-state index contributed by atoms with van der Waals surface area (Å²) in [6.07, 6.45) is 2.69. The second-order valence-corrected chi connectivity index (χ2v) is 4.79. The van der Waals surface area contributed by atoms with Gasteiger partial charge < -0.3 is 15.2 Å². The molecule has 0 aliphatic heterocycles. The van der Waals surface area contributed by atoms with Crippen molar-refractivity contribution in [3.8, 4) is 0 Å². The number of ether oxygens (including phenoxy) is 1. The number of amides is 1. The number of nitrogens with one attached hydrogen (secondary N) is 1. The number of esters is 1. The highest BCUT2D eigenvalue weighted by atomic mass is 16.5. The maximum Gasteiger partial charge on any atom is 0.317 e. The summed E-state index contributed by atoms with van der Waals surface area (Å²) < 4.78 is 4.77. The van der Waals surface area contributed by atoms with Crippen molar-refractivity contribution in [1.82, 2.24) is 10.2 Å². The Bertz CT molecular complexity index is 355. The molecule has 0 atom stereocenters. The van der Waals surface area contributed by atoms with E-state index in [9.17, 15) is 14.4 Å². The number of carboxylic acids is 1. The van der Waals surface area contributed by atoms with Crippen molar-refractivity contribution in [2.24, 2.45) is 0 Å². The predicted molar refractivity (Wildman–Crippen MR) is 71.1 cm³/mol. The number of hydrogen-bond donors (Lipinski definition) is 2. The third-order valence-electron chi connectivity index (χ3n) is 2.93. The molecule has 0 bridgehead atoms. The smallest absolute Gasteiger partial charge is 0.317 e. The van der Waals surface area contributed by atoms with Gasteiger partial charge in [-0.05, 0) is 26.2 Å². The Hall–Kier alpha value is -1.63. The summed E-state index contributed by atoms with van der Waals surface area (Å²) in [5.74, 6) is -1.40. The first-order chi connectivity index (χ1) is 9.52. The Morgan fingerprint density at radius 1 is 1.30 bits per heavy atom. The lowest BCUT2D eigenvalue weighted by molar-refractivity contribution is -0.143. The van der Waals surface area contributed by atoms with E-state index in [1.54, 1.807) is 11.8 Å². The van der Waals surface area contributed by atoms with E-state index in [2.05, 4.69) is 5.32 Å². The molecule has 1 saturated carbocycles. The van der Waals surface area contributed by atoms with E-state index < -0.39 is 5.97 Å². The summed E-state index contributed by atoms with van der Waals surface area (Å²) in [6.45, 7) is 2.48. The lowest BCUT2D eigenvalue weighted by Crippen LogP contribution is -2.41. The van der Waals surface area contributed by atoms with E-state index in [1.165, 1.54) is 0 Å². The first-order valence-electron chi connectivity index (χ1n) is 6.91. The molecule has 1 rings (SSSR count). The molecule has 7 heteroatoms. The van der Waals surface area contributed by atoms with Crippen LogP contribution in [0, 0.1) is 0 Å². The molecule has 1 fully saturated rings. The molecule has 0 radical (unpaired) electrons. The van der Waals surface area contributed by atoms with Crippen molar-refractivity contribution in [3.63, 3.8) is 0 Å². The second kappa shape index (κ2) is 8.52. The summed E-state index contributed by atoms with van der Waals surface area (Å²) in [6, 6.07) is 0.219. The van der Waals surface area contributed by atoms with E-state index in [-0.39, 0.29) is 37.4 Å². The van der Waals surface area contributed by atoms with Gasteiger partial charge in [0.25, 0.3) is 0 Å². The average Bonchev–Trinajstić information content (AvgIpc) is 3.18. The second-order valence-electron chi connectivity index (χ2n) is 4.79. The number of hydrogen-bond acceptors (Lipinski definition) is 5. The van der Waals surface area contributed by atoms with Crippen molar-refractivity contribution in [2.45, 2.75) is 38.6 Å². The predicted octanol–water partition coefficient (Wildman–Crippen LogP) is -0.00510. The molecule has 1 aliphatic rings. The molecule has 0 spiro atoms. The van der Waals surface area contributed by atoms with Gasteiger partial charge in [0.1, 0.15) is 0 Å². The van der Waals surface area contributed by atoms with E-state index in [0.717, 1.165) is 12.8 Å². The van der Waals surface area contributed by atoms with Crippen LogP contribution in [0.5, 0.6) is 0 Å². The number of carboxylic acid groups (broad SMARTS) is 1. The van der Waals surface area contributed by atoms with Gasteiger partial charge in [0, 0.05) is 19.0 Å². The van der Waals surface area contributed by atoms with Crippen LogP contribution in [0.2, 0.25) is 0 Å². The van der Waals surface area contributed by atoms with Gasteiger partial charge in [-0.1, -0.05) is 0 Å².